The van der Waals surface area contributed by atoms with E-state index in [2.05, 4.69) is 37.6 Å². The van der Waals surface area contributed by atoms with Crippen LogP contribution in [-0.4, -0.2) is 62.8 Å². The highest BCUT2D eigenvalue weighted by Crippen LogP contribution is 2.23. The van der Waals surface area contributed by atoms with Crippen molar-refractivity contribution in [3.63, 3.8) is 0 Å². The number of carbonyl (C=O) groups excluding carboxylic acids is 1. The normalized spacial score (nSPS) is 15.5. The highest BCUT2D eigenvalue weighted by Gasteiger charge is 2.21. The van der Waals surface area contributed by atoms with Gasteiger partial charge in [-0.15, -0.1) is 27.8 Å². The lowest BCUT2D eigenvalue weighted by Gasteiger charge is -2.34. The van der Waals surface area contributed by atoms with Crippen molar-refractivity contribution >= 4 is 40.3 Å². The molecule has 1 saturated heterocycles. The molecule has 0 bridgehead atoms. The molecule has 4 rings (SSSR count). The van der Waals surface area contributed by atoms with Gasteiger partial charge < -0.3 is 4.90 Å². The second-order valence-electron chi connectivity index (χ2n) is 5.97. The highest BCUT2D eigenvalue weighted by atomic mass is 32.2. The van der Waals surface area contributed by atoms with Crippen molar-refractivity contribution < 1.29 is 4.79 Å². The molecule has 0 atom stereocenters. The number of piperazine rings is 1. The number of H-pyrrole nitrogens is 1. The lowest BCUT2D eigenvalue weighted by Crippen LogP contribution is -2.48. The van der Waals surface area contributed by atoms with Gasteiger partial charge in [-0.2, -0.15) is 0 Å². The van der Waals surface area contributed by atoms with E-state index >= 15 is 0 Å². The Morgan fingerprint density at radius 2 is 1.96 bits per heavy atom. The van der Waals surface area contributed by atoms with Crippen LogP contribution in [0.1, 0.15) is 4.88 Å². The van der Waals surface area contributed by atoms with Gasteiger partial charge in [0.1, 0.15) is 0 Å². The van der Waals surface area contributed by atoms with E-state index in [9.17, 15) is 4.79 Å². The van der Waals surface area contributed by atoms with Crippen LogP contribution >= 0.6 is 34.4 Å². The van der Waals surface area contributed by atoms with Gasteiger partial charge in [0.15, 0.2) is 5.82 Å². The number of amides is 1. The Hall–Kier alpha value is -1.68. The predicted octanol–water partition coefficient (Wildman–Crippen LogP) is 3.03. The van der Waals surface area contributed by atoms with Crippen LogP contribution in [-0.2, 0) is 11.3 Å². The standard InChI is InChI=1S/C17H19N5OS3/c23-15(12-26-17-18-16(19-20-17)14-4-2-10-25-14)22-7-5-21(6-8-22)11-13-3-1-9-24-13/h1-4,9-10H,5-8,11-12H2,(H,18,19,20). The maximum Gasteiger partial charge on any atom is 0.233 e. The van der Waals surface area contributed by atoms with E-state index in [0.29, 0.717) is 10.9 Å². The number of hydrogen-bond acceptors (Lipinski definition) is 7. The van der Waals surface area contributed by atoms with Crippen LogP contribution in [0.5, 0.6) is 0 Å². The molecule has 136 valence electrons. The molecule has 26 heavy (non-hydrogen) atoms. The Balaban J connectivity index is 1.23. The van der Waals surface area contributed by atoms with Gasteiger partial charge in [0.05, 0.1) is 10.6 Å². The zero-order valence-electron chi connectivity index (χ0n) is 14.1. The van der Waals surface area contributed by atoms with Crippen molar-refractivity contribution in [3.8, 4) is 10.7 Å². The van der Waals surface area contributed by atoms with Crippen molar-refractivity contribution in [1.29, 1.82) is 0 Å². The summed E-state index contributed by atoms with van der Waals surface area (Å²) in [5.74, 6) is 1.30. The van der Waals surface area contributed by atoms with Crippen LogP contribution in [0.3, 0.4) is 0 Å². The van der Waals surface area contributed by atoms with E-state index in [1.807, 2.05) is 22.4 Å². The Morgan fingerprint density at radius 1 is 1.15 bits per heavy atom. The second-order valence-corrected chi connectivity index (χ2v) is 8.89. The molecule has 4 heterocycles. The number of aromatic amines is 1. The van der Waals surface area contributed by atoms with Crippen LogP contribution in [0, 0.1) is 0 Å². The van der Waals surface area contributed by atoms with Crippen molar-refractivity contribution in [1.82, 2.24) is 25.0 Å². The topological polar surface area (TPSA) is 65.1 Å². The zero-order chi connectivity index (χ0) is 17.8. The van der Waals surface area contributed by atoms with Crippen molar-refractivity contribution in [2.45, 2.75) is 11.7 Å². The molecule has 9 heteroatoms. The van der Waals surface area contributed by atoms with Gasteiger partial charge in [-0.3, -0.25) is 14.8 Å². The summed E-state index contributed by atoms with van der Waals surface area (Å²) in [5, 5.41) is 11.9. The van der Waals surface area contributed by atoms with Gasteiger partial charge in [0, 0.05) is 37.6 Å². The number of aromatic nitrogens is 3. The third-order valence-corrected chi connectivity index (χ3v) is 6.80. The minimum atomic E-state index is 0.160. The summed E-state index contributed by atoms with van der Waals surface area (Å²) in [4.78, 5) is 23.7. The first-order chi connectivity index (χ1) is 12.8. The van der Waals surface area contributed by atoms with E-state index in [4.69, 9.17) is 0 Å². The summed E-state index contributed by atoms with van der Waals surface area (Å²) < 4.78 is 0. The Bertz CT molecular complexity index is 823. The monoisotopic (exact) mass is 405 g/mol. The van der Waals surface area contributed by atoms with Gasteiger partial charge in [-0.05, 0) is 22.9 Å². The van der Waals surface area contributed by atoms with Crippen LogP contribution in [0.25, 0.3) is 10.7 Å². The van der Waals surface area contributed by atoms with Crippen LogP contribution < -0.4 is 0 Å². The zero-order valence-corrected chi connectivity index (χ0v) is 16.6. The van der Waals surface area contributed by atoms with Gasteiger partial charge >= 0.3 is 0 Å². The lowest BCUT2D eigenvalue weighted by atomic mass is 10.3. The first kappa shape index (κ1) is 17.7. The summed E-state index contributed by atoms with van der Waals surface area (Å²) >= 11 is 4.80. The summed E-state index contributed by atoms with van der Waals surface area (Å²) in [6.07, 6.45) is 0. The van der Waals surface area contributed by atoms with E-state index < -0.39 is 0 Å². The number of thiophene rings is 2. The van der Waals surface area contributed by atoms with Gasteiger partial charge in [0.2, 0.25) is 11.1 Å². The molecule has 1 amide bonds. The summed E-state index contributed by atoms with van der Waals surface area (Å²) in [7, 11) is 0. The molecule has 0 saturated carbocycles. The van der Waals surface area contributed by atoms with Gasteiger partial charge in [0.25, 0.3) is 0 Å². The van der Waals surface area contributed by atoms with Crippen LogP contribution in [0.15, 0.2) is 40.2 Å². The van der Waals surface area contributed by atoms with Crippen molar-refractivity contribution in [2.75, 3.05) is 31.9 Å². The largest absolute Gasteiger partial charge is 0.339 e. The maximum absolute atomic E-state index is 12.5. The second kappa shape index (κ2) is 8.34. The minimum absolute atomic E-state index is 0.160. The average Bonchev–Trinajstić information content (AvgIpc) is 3.41. The third-order valence-electron chi connectivity index (χ3n) is 4.23. The molecule has 0 radical (unpaired) electrons. The number of nitrogens with one attached hydrogen (secondary N) is 1. The molecule has 1 aliphatic rings. The number of thioether (sulfide) groups is 1. The van der Waals surface area contributed by atoms with Crippen molar-refractivity contribution in [2.24, 2.45) is 0 Å². The van der Waals surface area contributed by atoms with E-state index in [1.54, 1.807) is 22.7 Å². The molecule has 0 spiro atoms. The van der Waals surface area contributed by atoms with Gasteiger partial charge in [-0.25, -0.2) is 4.98 Å². The summed E-state index contributed by atoms with van der Waals surface area (Å²) in [6.45, 7) is 4.42. The molecular weight excluding hydrogens is 386 g/mol. The van der Waals surface area contributed by atoms with Crippen molar-refractivity contribution in [3.05, 3.63) is 39.9 Å². The minimum Gasteiger partial charge on any atom is -0.339 e. The fourth-order valence-corrected chi connectivity index (χ4v) is 4.94. The quantitative estimate of drug-likeness (QED) is 0.639. The third kappa shape index (κ3) is 4.35. The van der Waals surface area contributed by atoms with E-state index in [0.717, 1.165) is 43.4 Å². The maximum atomic E-state index is 12.5. The average molecular weight is 406 g/mol. The molecule has 6 nitrogen and oxygen atoms in total. The molecule has 0 unspecified atom stereocenters. The Kier molecular flexibility index (Phi) is 5.68. The van der Waals surface area contributed by atoms with E-state index in [1.165, 1.54) is 16.6 Å². The van der Waals surface area contributed by atoms with Gasteiger partial charge in [-0.1, -0.05) is 23.9 Å². The molecular formula is C17H19N5OS3. The number of hydrogen-bond donors (Lipinski definition) is 1. The lowest BCUT2D eigenvalue weighted by molar-refractivity contribution is -0.130. The van der Waals surface area contributed by atoms with E-state index in [-0.39, 0.29) is 5.91 Å². The summed E-state index contributed by atoms with van der Waals surface area (Å²) in [6, 6.07) is 8.24. The molecule has 3 aromatic heterocycles. The molecule has 1 fully saturated rings. The Morgan fingerprint density at radius 3 is 2.69 bits per heavy atom. The molecule has 0 aromatic carbocycles. The number of nitrogens with zero attached hydrogens (tertiary/aromatic N) is 4. The molecule has 3 aromatic rings. The number of carbonyl (C=O) groups is 1. The Labute approximate surface area is 164 Å². The smallest absolute Gasteiger partial charge is 0.233 e. The first-order valence-electron chi connectivity index (χ1n) is 8.39. The number of rotatable bonds is 6. The van der Waals surface area contributed by atoms with Crippen LogP contribution in [0.2, 0.25) is 0 Å². The fraction of sp³-hybridized carbons (Fsp3) is 0.353. The first-order valence-corrected chi connectivity index (χ1v) is 11.1. The molecule has 1 N–H and O–H groups in total. The van der Waals surface area contributed by atoms with Crippen LogP contribution in [0.4, 0.5) is 0 Å². The predicted molar refractivity (Wildman–Crippen MR) is 107 cm³/mol. The summed E-state index contributed by atoms with van der Waals surface area (Å²) in [5.41, 5.74) is 0. The highest BCUT2D eigenvalue weighted by molar-refractivity contribution is 7.99. The fourth-order valence-electron chi connectivity index (χ4n) is 2.83. The molecule has 1 aliphatic heterocycles. The SMILES string of the molecule is O=C(CSc1n[nH]c(-c2cccs2)n1)N1CCN(Cc2cccs2)CC1. The molecule has 0 aliphatic carbocycles.